The Bertz CT molecular complexity index is 917. The highest BCUT2D eigenvalue weighted by Crippen LogP contribution is 2.21. The molecule has 0 bridgehead atoms. The van der Waals surface area contributed by atoms with Gasteiger partial charge in [0.05, 0.1) is 0 Å². The molecule has 134 valence electrons. The molecule has 0 aliphatic carbocycles. The number of carbonyl (C=O) groups is 2. The summed E-state index contributed by atoms with van der Waals surface area (Å²) in [5.41, 5.74) is 0. The molecule has 0 atom stereocenters. The minimum atomic E-state index is -0.327. The van der Waals surface area contributed by atoms with Gasteiger partial charge in [-0.25, -0.2) is 0 Å². The van der Waals surface area contributed by atoms with Crippen molar-refractivity contribution in [3.63, 3.8) is 0 Å². The van der Waals surface area contributed by atoms with Gasteiger partial charge in [0.2, 0.25) is 5.91 Å². The van der Waals surface area contributed by atoms with Crippen molar-refractivity contribution < 1.29 is 18.7 Å². The average molecular weight is 352 g/mol. The van der Waals surface area contributed by atoms with E-state index in [9.17, 15) is 9.59 Å². The third-order valence-corrected chi connectivity index (χ3v) is 3.77. The quantitative estimate of drug-likeness (QED) is 0.641. The molecule has 1 aromatic heterocycles. The zero-order valence-corrected chi connectivity index (χ0v) is 14.5. The van der Waals surface area contributed by atoms with Crippen LogP contribution in [0.5, 0.6) is 5.75 Å². The van der Waals surface area contributed by atoms with E-state index in [0.717, 1.165) is 16.5 Å². The molecule has 0 saturated carbocycles. The maximum atomic E-state index is 12.0. The Kier molecular flexibility index (Phi) is 5.53. The van der Waals surface area contributed by atoms with Crippen LogP contribution in [0.15, 0.2) is 59.0 Å². The zero-order valence-electron chi connectivity index (χ0n) is 14.5. The van der Waals surface area contributed by atoms with E-state index in [-0.39, 0.29) is 24.2 Å². The van der Waals surface area contributed by atoms with Gasteiger partial charge in [-0.2, -0.15) is 0 Å². The number of carbonyl (C=O) groups excluding carboxylic acids is 2. The van der Waals surface area contributed by atoms with Gasteiger partial charge in [0.15, 0.2) is 5.76 Å². The van der Waals surface area contributed by atoms with Crippen molar-refractivity contribution in [3.8, 4) is 5.75 Å². The van der Waals surface area contributed by atoms with Gasteiger partial charge < -0.3 is 19.8 Å². The molecule has 3 rings (SSSR count). The van der Waals surface area contributed by atoms with Crippen molar-refractivity contribution in [3.05, 3.63) is 66.1 Å². The lowest BCUT2D eigenvalue weighted by atomic mass is 10.1. The normalized spacial score (nSPS) is 10.5. The Labute approximate surface area is 151 Å². The summed E-state index contributed by atoms with van der Waals surface area (Å²) in [5.74, 6) is 1.05. The summed E-state index contributed by atoms with van der Waals surface area (Å²) >= 11 is 0. The Hall–Kier alpha value is -3.28. The lowest BCUT2D eigenvalue weighted by molar-refractivity contribution is -0.118. The summed E-state index contributed by atoms with van der Waals surface area (Å²) in [6.45, 7) is 2.37. The molecule has 0 aliphatic rings. The van der Waals surface area contributed by atoms with Crippen LogP contribution in [0.1, 0.15) is 23.2 Å². The van der Waals surface area contributed by atoms with Crippen LogP contribution in [-0.2, 0) is 11.4 Å². The number of hydrogen-bond acceptors (Lipinski definition) is 4. The molecular weight excluding hydrogens is 332 g/mol. The lowest BCUT2D eigenvalue weighted by Gasteiger charge is -2.06. The van der Waals surface area contributed by atoms with Gasteiger partial charge in [0, 0.05) is 20.0 Å². The van der Waals surface area contributed by atoms with Crippen molar-refractivity contribution in [1.82, 2.24) is 10.6 Å². The molecule has 0 unspecified atom stereocenters. The second kappa shape index (κ2) is 8.20. The highest BCUT2D eigenvalue weighted by atomic mass is 16.5. The van der Waals surface area contributed by atoms with Crippen molar-refractivity contribution in [1.29, 1.82) is 0 Å². The molecule has 2 amide bonds. The van der Waals surface area contributed by atoms with Gasteiger partial charge in [-0.1, -0.05) is 30.3 Å². The highest BCUT2D eigenvalue weighted by Gasteiger charge is 2.11. The largest absolute Gasteiger partial charge is 0.486 e. The predicted octanol–water partition coefficient (Wildman–Crippen LogP) is 2.88. The summed E-state index contributed by atoms with van der Waals surface area (Å²) in [6, 6.07) is 17.2. The number of ether oxygens (including phenoxy) is 1. The van der Waals surface area contributed by atoms with E-state index >= 15 is 0 Å². The number of fused-ring (bicyclic) bond motifs is 1. The van der Waals surface area contributed by atoms with Crippen molar-refractivity contribution in [2.24, 2.45) is 0 Å². The van der Waals surface area contributed by atoms with Crippen LogP contribution in [0.25, 0.3) is 10.8 Å². The smallest absolute Gasteiger partial charge is 0.287 e. The van der Waals surface area contributed by atoms with Gasteiger partial charge in [-0.05, 0) is 35.0 Å². The highest BCUT2D eigenvalue weighted by molar-refractivity contribution is 5.91. The van der Waals surface area contributed by atoms with Gasteiger partial charge in [0.1, 0.15) is 18.1 Å². The van der Waals surface area contributed by atoms with E-state index < -0.39 is 0 Å². The number of benzene rings is 2. The fraction of sp³-hybridized carbons (Fsp3) is 0.200. The topological polar surface area (TPSA) is 80.6 Å². The van der Waals surface area contributed by atoms with Gasteiger partial charge in [-0.3, -0.25) is 9.59 Å². The van der Waals surface area contributed by atoms with Crippen LogP contribution < -0.4 is 15.4 Å². The molecule has 0 fully saturated rings. The molecular formula is C20H20N2O4. The van der Waals surface area contributed by atoms with Crippen molar-refractivity contribution in [2.75, 3.05) is 13.1 Å². The van der Waals surface area contributed by atoms with Crippen LogP contribution in [0.2, 0.25) is 0 Å². The fourth-order valence-corrected chi connectivity index (χ4v) is 2.49. The first-order valence-electron chi connectivity index (χ1n) is 8.35. The van der Waals surface area contributed by atoms with Crippen molar-refractivity contribution in [2.45, 2.75) is 13.5 Å². The first kappa shape index (κ1) is 17.5. The minimum absolute atomic E-state index is 0.134. The van der Waals surface area contributed by atoms with Crippen LogP contribution in [-0.4, -0.2) is 24.9 Å². The molecule has 0 spiro atoms. The molecule has 2 aromatic carbocycles. The molecule has 1 heterocycles. The molecule has 2 N–H and O–H groups in total. The minimum Gasteiger partial charge on any atom is -0.486 e. The standard InChI is InChI=1S/C20H20N2O4/c1-14(23)21-10-11-22-20(24)19-9-8-18(26-19)13-25-17-7-6-15-4-2-3-5-16(15)12-17/h2-9,12H,10-11,13H2,1H3,(H,21,23)(H,22,24). The number of nitrogens with one attached hydrogen (secondary N) is 2. The van der Waals surface area contributed by atoms with E-state index in [1.54, 1.807) is 12.1 Å². The first-order chi connectivity index (χ1) is 12.6. The molecule has 0 aliphatic heterocycles. The monoisotopic (exact) mass is 352 g/mol. The van der Waals surface area contributed by atoms with E-state index in [2.05, 4.69) is 10.6 Å². The summed E-state index contributed by atoms with van der Waals surface area (Å²) in [6.07, 6.45) is 0. The van der Waals surface area contributed by atoms with E-state index in [1.807, 2.05) is 42.5 Å². The lowest BCUT2D eigenvalue weighted by Crippen LogP contribution is -2.33. The van der Waals surface area contributed by atoms with Gasteiger partial charge in [-0.15, -0.1) is 0 Å². The van der Waals surface area contributed by atoms with E-state index in [0.29, 0.717) is 18.8 Å². The van der Waals surface area contributed by atoms with Crippen LogP contribution in [0, 0.1) is 0 Å². The summed E-state index contributed by atoms with van der Waals surface area (Å²) < 4.78 is 11.3. The maximum absolute atomic E-state index is 12.0. The number of hydrogen-bond donors (Lipinski definition) is 2. The Morgan fingerprint density at radius 3 is 2.54 bits per heavy atom. The maximum Gasteiger partial charge on any atom is 0.287 e. The molecule has 6 heteroatoms. The van der Waals surface area contributed by atoms with Crippen LogP contribution in [0.3, 0.4) is 0 Å². The fourth-order valence-electron chi connectivity index (χ4n) is 2.49. The average Bonchev–Trinajstić information content (AvgIpc) is 3.12. The molecule has 0 radical (unpaired) electrons. The molecule has 26 heavy (non-hydrogen) atoms. The Morgan fingerprint density at radius 2 is 1.73 bits per heavy atom. The van der Waals surface area contributed by atoms with E-state index in [4.69, 9.17) is 9.15 Å². The number of furan rings is 1. The second-order valence-electron chi connectivity index (χ2n) is 5.80. The van der Waals surface area contributed by atoms with E-state index in [1.165, 1.54) is 6.92 Å². The van der Waals surface area contributed by atoms with Crippen LogP contribution in [0.4, 0.5) is 0 Å². The second-order valence-corrected chi connectivity index (χ2v) is 5.80. The number of rotatable bonds is 7. The Balaban J connectivity index is 1.52. The SMILES string of the molecule is CC(=O)NCCNC(=O)c1ccc(COc2ccc3ccccc3c2)o1. The molecule has 0 saturated heterocycles. The van der Waals surface area contributed by atoms with Gasteiger partial charge in [0.25, 0.3) is 5.91 Å². The zero-order chi connectivity index (χ0) is 18.4. The summed E-state index contributed by atoms with van der Waals surface area (Å²) in [4.78, 5) is 22.7. The molecule has 6 nitrogen and oxygen atoms in total. The molecule has 3 aromatic rings. The predicted molar refractivity (Wildman–Crippen MR) is 98.0 cm³/mol. The van der Waals surface area contributed by atoms with Crippen molar-refractivity contribution >= 4 is 22.6 Å². The summed E-state index contributed by atoms with van der Waals surface area (Å²) in [5, 5.41) is 7.53. The third kappa shape index (κ3) is 4.63. The summed E-state index contributed by atoms with van der Waals surface area (Å²) in [7, 11) is 0. The Morgan fingerprint density at radius 1 is 0.962 bits per heavy atom. The van der Waals surface area contributed by atoms with Crippen LogP contribution >= 0.6 is 0 Å². The first-order valence-corrected chi connectivity index (χ1v) is 8.35. The number of amides is 2. The van der Waals surface area contributed by atoms with Gasteiger partial charge >= 0.3 is 0 Å². The third-order valence-electron chi connectivity index (χ3n) is 3.77.